The predicted octanol–water partition coefficient (Wildman–Crippen LogP) is 2.38. The van der Waals surface area contributed by atoms with Gasteiger partial charge < -0.3 is 10.5 Å². The Hall–Kier alpha value is -0.740. The highest BCUT2D eigenvalue weighted by atomic mass is 32.2. The van der Waals surface area contributed by atoms with Crippen LogP contribution in [0.3, 0.4) is 0 Å². The van der Waals surface area contributed by atoms with Gasteiger partial charge in [-0.3, -0.25) is 4.98 Å². The Morgan fingerprint density at radius 3 is 3.06 bits per heavy atom. The molecule has 1 fully saturated rings. The molecule has 0 amide bonds. The number of methoxy groups -OCH3 is 1. The first-order valence-corrected chi connectivity index (χ1v) is 6.54. The minimum Gasteiger partial charge on any atom is -0.495 e. The van der Waals surface area contributed by atoms with E-state index in [1.807, 2.05) is 23.9 Å². The van der Waals surface area contributed by atoms with Crippen molar-refractivity contribution < 1.29 is 4.74 Å². The summed E-state index contributed by atoms with van der Waals surface area (Å²) in [4.78, 5) is 4.38. The molecule has 0 aliphatic carbocycles. The summed E-state index contributed by atoms with van der Waals surface area (Å²) in [7, 11) is 1.66. The van der Waals surface area contributed by atoms with E-state index >= 15 is 0 Å². The Kier molecular flexibility index (Phi) is 3.40. The number of thioether (sulfide) groups is 1. The van der Waals surface area contributed by atoms with Crippen LogP contribution in [0.1, 0.15) is 31.5 Å². The standard InChI is InChI=1S/C12H18N2OS/c1-12(6-4-8-16-12)11(13)10-9(15-2)5-3-7-14-10/h3,5,7,11H,4,6,8,13H2,1-2H3. The summed E-state index contributed by atoms with van der Waals surface area (Å²) in [5.41, 5.74) is 7.22. The lowest BCUT2D eigenvalue weighted by atomic mass is 9.93. The van der Waals surface area contributed by atoms with Gasteiger partial charge in [-0.1, -0.05) is 0 Å². The van der Waals surface area contributed by atoms with E-state index in [0.717, 1.165) is 17.9 Å². The fraction of sp³-hybridized carbons (Fsp3) is 0.583. The minimum absolute atomic E-state index is 0.0591. The van der Waals surface area contributed by atoms with Crippen LogP contribution in [0, 0.1) is 0 Å². The zero-order valence-electron chi connectivity index (χ0n) is 9.77. The summed E-state index contributed by atoms with van der Waals surface area (Å²) in [5.74, 6) is 1.99. The van der Waals surface area contributed by atoms with Gasteiger partial charge in [-0.05, 0) is 37.7 Å². The van der Waals surface area contributed by atoms with Crippen LogP contribution in [0.15, 0.2) is 18.3 Å². The number of aromatic nitrogens is 1. The van der Waals surface area contributed by atoms with Crippen molar-refractivity contribution in [1.29, 1.82) is 0 Å². The molecule has 16 heavy (non-hydrogen) atoms. The lowest BCUT2D eigenvalue weighted by Crippen LogP contribution is -2.34. The van der Waals surface area contributed by atoms with Crippen LogP contribution in [-0.4, -0.2) is 22.6 Å². The summed E-state index contributed by atoms with van der Waals surface area (Å²) in [6.45, 7) is 2.23. The van der Waals surface area contributed by atoms with Gasteiger partial charge >= 0.3 is 0 Å². The number of nitrogens with two attached hydrogens (primary N) is 1. The Balaban J connectivity index is 2.29. The first kappa shape index (κ1) is 11.7. The van der Waals surface area contributed by atoms with Crippen molar-refractivity contribution in [1.82, 2.24) is 4.98 Å². The van der Waals surface area contributed by atoms with E-state index in [1.54, 1.807) is 13.3 Å². The van der Waals surface area contributed by atoms with E-state index in [4.69, 9.17) is 10.5 Å². The lowest BCUT2D eigenvalue weighted by molar-refractivity contribution is 0.391. The summed E-state index contributed by atoms with van der Waals surface area (Å²) in [5, 5.41) is 0. The third-order valence-corrected chi connectivity index (χ3v) is 4.83. The molecular weight excluding hydrogens is 220 g/mol. The molecule has 88 valence electrons. The topological polar surface area (TPSA) is 48.1 Å². The van der Waals surface area contributed by atoms with E-state index in [-0.39, 0.29) is 10.8 Å². The van der Waals surface area contributed by atoms with Crippen molar-refractivity contribution in [3.05, 3.63) is 24.0 Å². The minimum atomic E-state index is -0.0591. The van der Waals surface area contributed by atoms with Gasteiger partial charge in [0.1, 0.15) is 11.4 Å². The number of hydrogen-bond donors (Lipinski definition) is 1. The highest BCUT2D eigenvalue weighted by molar-refractivity contribution is 8.00. The van der Waals surface area contributed by atoms with Gasteiger partial charge in [0.2, 0.25) is 0 Å². The van der Waals surface area contributed by atoms with E-state index in [2.05, 4.69) is 11.9 Å². The van der Waals surface area contributed by atoms with Gasteiger partial charge in [0.25, 0.3) is 0 Å². The van der Waals surface area contributed by atoms with Crippen molar-refractivity contribution in [3.8, 4) is 5.75 Å². The van der Waals surface area contributed by atoms with Crippen LogP contribution in [0.4, 0.5) is 0 Å². The Morgan fingerprint density at radius 2 is 2.44 bits per heavy atom. The van der Waals surface area contributed by atoms with Crippen molar-refractivity contribution in [3.63, 3.8) is 0 Å². The van der Waals surface area contributed by atoms with Crippen molar-refractivity contribution in [2.75, 3.05) is 12.9 Å². The Labute approximate surface area is 101 Å². The van der Waals surface area contributed by atoms with Gasteiger partial charge in [-0.2, -0.15) is 11.8 Å². The van der Waals surface area contributed by atoms with E-state index < -0.39 is 0 Å². The first-order chi connectivity index (χ1) is 7.67. The molecule has 1 aromatic heterocycles. The molecule has 0 aromatic carbocycles. The fourth-order valence-corrected chi connectivity index (χ4v) is 3.48. The third-order valence-electron chi connectivity index (χ3n) is 3.22. The summed E-state index contributed by atoms with van der Waals surface area (Å²) in [6, 6.07) is 3.74. The number of hydrogen-bond acceptors (Lipinski definition) is 4. The molecule has 2 heterocycles. The second-order valence-electron chi connectivity index (χ2n) is 4.33. The molecule has 3 nitrogen and oxygen atoms in total. The number of nitrogens with zero attached hydrogens (tertiary/aromatic N) is 1. The molecule has 2 atom stereocenters. The van der Waals surface area contributed by atoms with Crippen LogP contribution in [0.5, 0.6) is 5.75 Å². The van der Waals surface area contributed by atoms with Gasteiger partial charge in [-0.25, -0.2) is 0 Å². The normalized spacial score (nSPS) is 26.7. The van der Waals surface area contributed by atoms with Crippen LogP contribution >= 0.6 is 11.8 Å². The molecule has 2 rings (SSSR count). The third kappa shape index (κ3) is 2.04. The van der Waals surface area contributed by atoms with Gasteiger partial charge in [0.05, 0.1) is 13.2 Å². The molecule has 1 aliphatic rings. The van der Waals surface area contributed by atoms with Crippen molar-refractivity contribution >= 4 is 11.8 Å². The van der Waals surface area contributed by atoms with Crippen LogP contribution in [0.2, 0.25) is 0 Å². The molecule has 1 aliphatic heterocycles. The number of pyridine rings is 1. The molecule has 1 aromatic rings. The van der Waals surface area contributed by atoms with E-state index in [9.17, 15) is 0 Å². The summed E-state index contributed by atoms with van der Waals surface area (Å²) in [6.07, 6.45) is 4.17. The number of ether oxygens (including phenoxy) is 1. The monoisotopic (exact) mass is 238 g/mol. The maximum Gasteiger partial charge on any atom is 0.142 e. The highest BCUT2D eigenvalue weighted by Crippen LogP contribution is 2.46. The van der Waals surface area contributed by atoms with E-state index in [1.165, 1.54) is 12.2 Å². The zero-order chi connectivity index (χ0) is 11.6. The van der Waals surface area contributed by atoms with Crippen LogP contribution < -0.4 is 10.5 Å². The van der Waals surface area contributed by atoms with E-state index in [0.29, 0.717) is 0 Å². The second-order valence-corrected chi connectivity index (χ2v) is 5.96. The molecule has 0 spiro atoms. The molecular formula is C12H18N2OS. The maximum absolute atomic E-state index is 6.35. The molecule has 0 bridgehead atoms. The predicted molar refractivity (Wildman–Crippen MR) is 67.8 cm³/mol. The summed E-state index contributed by atoms with van der Waals surface area (Å²) < 4.78 is 5.42. The van der Waals surface area contributed by atoms with Crippen molar-refractivity contribution in [2.45, 2.75) is 30.6 Å². The first-order valence-electron chi connectivity index (χ1n) is 5.56. The van der Waals surface area contributed by atoms with Gasteiger partial charge in [0, 0.05) is 10.9 Å². The SMILES string of the molecule is COc1cccnc1C(N)C1(C)CCCS1. The average Bonchev–Trinajstić information content (AvgIpc) is 2.76. The molecule has 0 saturated carbocycles. The van der Waals surface area contributed by atoms with Crippen molar-refractivity contribution in [2.24, 2.45) is 5.73 Å². The quantitative estimate of drug-likeness (QED) is 0.878. The van der Waals surface area contributed by atoms with Gasteiger partial charge in [0.15, 0.2) is 0 Å². The van der Waals surface area contributed by atoms with Crippen LogP contribution in [-0.2, 0) is 0 Å². The summed E-state index contributed by atoms with van der Waals surface area (Å²) >= 11 is 1.95. The second kappa shape index (κ2) is 4.63. The largest absolute Gasteiger partial charge is 0.495 e. The van der Waals surface area contributed by atoms with Crippen LogP contribution in [0.25, 0.3) is 0 Å². The molecule has 4 heteroatoms. The zero-order valence-corrected chi connectivity index (χ0v) is 10.6. The maximum atomic E-state index is 6.35. The fourth-order valence-electron chi connectivity index (χ4n) is 2.14. The number of rotatable bonds is 3. The highest BCUT2D eigenvalue weighted by Gasteiger charge is 2.38. The Morgan fingerprint density at radius 1 is 1.62 bits per heavy atom. The molecule has 0 radical (unpaired) electrons. The molecule has 2 N–H and O–H groups in total. The Bertz CT molecular complexity index is 364. The smallest absolute Gasteiger partial charge is 0.142 e. The molecule has 1 saturated heterocycles. The average molecular weight is 238 g/mol. The molecule has 2 unspecified atom stereocenters. The van der Waals surface area contributed by atoms with Gasteiger partial charge in [-0.15, -0.1) is 0 Å². The lowest BCUT2D eigenvalue weighted by Gasteiger charge is -2.30.